The molecule has 0 saturated carbocycles. The predicted molar refractivity (Wildman–Crippen MR) is 124 cm³/mol. The Morgan fingerprint density at radius 2 is 1.77 bits per heavy atom. The first-order chi connectivity index (χ1) is 14.7. The second kappa shape index (κ2) is 9.83. The number of nitrogens with one attached hydrogen (secondary N) is 2. The third-order valence-electron chi connectivity index (χ3n) is 5.35. The van der Waals surface area contributed by atoms with E-state index in [1.54, 1.807) is 24.3 Å². The molecule has 3 rings (SSSR count). The van der Waals surface area contributed by atoms with Crippen molar-refractivity contribution >= 4 is 33.4 Å². The molecule has 0 radical (unpaired) electrons. The quantitative estimate of drug-likeness (QED) is 0.552. The third kappa shape index (κ3) is 6.08. The highest BCUT2D eigenvalue weighted by Crippen LogP contribution is 2.24. The average Bonchev–Trinajstić information content (AvgIpc) is 3.00. The fraction of sp³-hybridized carbons (Fsp3) is 0.391. The molecule has 2 aromatic rings. The first-order valence-electron chi connectivity index (χ1n) is 10.4. The molecule has 2 N–H and O–H groups in total. The number of aliphatic imine (C=N–C) groups is 1. The minimum Gasteiger partial charge on any atom is -0.355 e. The number of hydrogen-bond donors (Lipinski definition) is 2. The maximum Gasteiger partial charge on any atom is 0.263 e. The summed E-state index contributed by atoms with van der Waals surface area (Å²) in [5, 5.41) is 3.71. The summed E-state index contributed by atoms with van der Waals surface area (Å²) in [6.07, 6.45) is 2.86. The molecule has 0 aliphatic carbocycles. The fourth-order valence-electron chi connectivity index (χ4n) is 3.43. The van der Waals surface area contributed by atoms with Crippen molar-refractivity contribution in [3.8, 4) is 0 Å². The minimum atomic E-state index is -3.49. The van der Waals surface area contributed by atoms with Gasteiger partial charge >= 0.3 is 0 Å². The Balaban J connectivity index is 1.37. The van der Waals surface area contributed by atoms with Crippen LogP contribution in [0, 0.1) is 0 Å². The SMILES string of the molecule is CC(C)(CNC(=O)CCCCCN=C1NS(=O)(=O)c2ccccc21)c1ccc(Cl)cc1. The first kappa shape index (κ1) is 23.3. The van der Waals surface area contributed by atoms with E-state index >= 15 is 0 Å². The smallest absolute Gasteiger partial charge is 0.263 e. The third-order valence-corrected chi connectivity index (χ3v) is 7.00. The highest BCUT2D eigenvalue weighted by atomic mass is 35.5. The van der Waals surface area contributed by atoms with Crippen molar-refractivity contribution in [2.45, 2.75) is 49.8 Å². The largest absolute Gasteiger partial charge is 0.355 e. The molecule has 1 amide bonds. The van der Waals surface area contributed by atoms with Crippen molar-refractivity contribution < 1.29 is 13.2 Å². The highest BCUT2D eigenvalue weighted by Gasteiger charge is 2.29. The second-order valence-electron chi connectivity index (χ2n) is 8.31. The van der Waals surface area contributed by atoms with E-state index in [2.05, 4.69) is 28.9 Å². The number of fused-ring (bicyclic) bond motifs is 1. The summed E-state index contributed by atoms with van der Waals surface area (Å²) in [4.78, 5) is 16.9. The second-order valence-corrected chi connectivity index (χ2v) is 10.4. The van der Waals surface area contributed by atoms with Gasteiger partial charge in [-0.3, -0.25) is 14.5 Å². The molecule has 0 saturated heterocycles. The van der Waals surface area contributed by atoms with Crippen LogP contribution < -0.4 is 10.0 Å². The number of carbonyl (C=O) groups excluding carboxylic acids is 1. The zero-order valence-electron chi connectivity index (χ0n) is 17.8. The number of amidine groups is 1. The number of rotatable bonds is 9. The zero-order valence-corrected chi connectivity index (χ0v) is 19.4. The molecule has 1 heterocycles. The van der Waals surface area contributed by atoms with Gasteiger partial charge < -0.3 is 5.32 Å². The molecular formula is C23H28ClN3O3S. The summed E-state index contributed by atoms with van der Waals surface area (Å²) in [6, 6.07) is 14.5. The summed E-state index contributed by atoms with van der Waals surface area (Å²) >= 11 is 5.95. The van der Waals surface area contributed by atoms with E-state index in [1.807, 2.05) is 24.3 Å². The van der Waals surface area contributed by atoms with Gasteiger partial charge in [0.25, 0.3) is 10.0 Å². The number of nitrogens with zero attached hydrogens (tertiary/aromatic N) is 1. The van der Waals surface area contributed by atoms with E-state index in [-0.39, 0.29) is 16.2 Å². The van der Waals surface area contributed by atoms with Gasteiger partial charge in [0.05, 0.1) is 4.90 Å². The molecule has 1 aliphatic rings. The standard InChI is InChI=1S/C23H28ClN3O3S/c1-23(2,17-11-13-18(24)14-12-17)16-26-21(28)10-4-3-7-15-25-22-19-8-5-6-9-20(19)31(29,30)27-22/h5-6,8-9,11-14H,3-4,7,10,15-16H2,1-2H3,(H,25,27)(H,26,28). The van der Waals surface area contributed by atoms with Crippen LogP contribution in [-0.2, 0) is 20.2 Å². The van der Waals surface area contributed by atoms with Gasteiger partial charge in [-0.25, -0.2) is 8.42 Å². The van der Waals surface area contributed by atoms with Gasteiger partial charge in [0.15, 0.2) is 0 Å². The lowest BCUT2D eigenvalue weighted by molar-refractivity contribution is -0.121. The van der Waals surface area contributed by atoms with E-state index in [0.29, 0.717) is 35.9 Å². The van der Waals surface area contributed by atoms with Crippen LogP contribution >= 0.6 is 11.6 Å². The summed E-state index contributed by atoms with van der Waals surface area (Å²) in [7, 11) is -3.49. The van der Waals surface area contributed by atoms with Crippen molar-refractivity contribution in [2.24, 2.45) is 4.99 Å². The van der Waals surface area contributed by atoms with Crippen LogP contribution in [0.1, 0.15) is 50.7 Å². The molecule has 0 aromatic heterocycles. The van der Waals surface area contributed by atoms with E-state index < -0.39 is 10.0 Å². The molecule has 0 atom stereocenters. The van der Waals surface area contributed by atoms with Gasteiger partial charge in [0, 0.05) is 35.5 Å². The molecule has 6 nitrogen and oxygen atoms in total. The molecule has 0 spiro atoms. The summed E-state index contributed by atoms with van der Waals surface area (Å²) in [5.41, 5.74) is 1.56. The Kier molecular flexibility index (Phi) is 7.38. The predicted octanol–water partition coefficient (Wildman–Crippen LogP) is 4.03. The number of unbranched alkanes of at least 4 members (excludes halogenated alkanes) is 2. The number of amides is 1. The molecule has 31 heavy (non-hydrogen) atoms. The lowest BCUT2D eigenvalue weighted by Crippen LogP contribution is -2.36. The zero-order chi connectivity index (χ0) is 22.5. The van der Waals surface area contributed by atoms with Crippen molar-refractivity contribution in [3.63, 3.8) is 0 Å². The van der Waals surface area contributed by atoms with E-state index in [1.165, 1.54) is 0 Å². The normalized spacial score (nSPS) is 16.0. The Bertz CT molecular complexity index is 1060. The maximum absolute atomic E-state index is 12.2. The van der Waals surface area contributed by atoms with Gasteiger partial charge in [-0.2, -0.15) is 0 Å². The maximum atomic E-state index is 12.2. The van der Waals surface area contributed by atoms with E-state index in [0.717, 1.165) is 24.8 Å². The Hall–Kier alpha value is -2.38. The summed E-state index contributed by atoms with van der Waals surface area (Å²) < 4.78 is 26.6. The number of sulfonamides is 1. The lowest BCUT2D eigenvalue weighted by atomic mass is 9.84. The summed E-state index contributed by atoms with van der Waals surface area (Å²) in [6.45, 7) is 5.24. The van der Waals surface area contributed by atoms with Crippen LogP contribution in [0.15, 0.2) is 58.4 Å². The molecule has 0 bridgehead atoms. The lowest BCUT2D eigenvalue weighted by Gasteiger charge is -2.25. The monoisotopic (exact) mass is 461 g/mol. The van der Waals surface area contributed by atoms with Crippen LogP contribution in [0.5, 0.6) is 0 Å². The molecule has 0 fully saturated rings. The van der Waals surface area contributed by atoms with Crippen LogP contribution in [0.25, 0.3) is 0 Å². The van der Waals surface area contributed by atoms with Crippen LogP contribution in [0.2, 0.25) is 5.02 Å². The van der Waals surface area contributed by atoms with Crippen molar-refractivity contribution in [1.82, 2.24) is 10.0 Å². The van der Waals surface area contributed by atoms with Crippen LogP contribution in [0.3, 0.4) is 0 Å². The van der Waals surface area contributed by atoms with Crippen LogP contribution in [0.4, 0.5) is 0 Å². The average molecular weight is 462 g/mol. The van der Waals surface area contributed by atoms with E-state index in [4.69, 9.17) is 11.6 Å². The molecule has 0 unspecified atom stereocenters. The fourth-order valence-corrected chi connectivity index (χ4v) is 4.80. The van der Waals surface area contributed by atoms with Gasteiger partial charge in [-0.1, -0.05) is 56.1 Å². The number of benzene rings is 2. The van der Waals surface area contributed by atoms with E-state index in [9.17, 15) is 13.2 Å². The highest BCUT2D eigenvalue weighted by molar-refractivity contribution is 7.90. The van der Waals surface area contributed by atoms with Crippen LogP contribution in [-0.4, -0.2) is 33.3 Å². The van der Waals surface area contributed by atoms with Gasteiger partial charge in [-0.15, -0.1) is 0 Å². The molecule has 1 aliphatic heterocycles. The first-order valence-corrected chi connectivity index (χ1v) is 12.2. The van der Waals surface area contributed by atoms with Crippen molar-refractivity contribution in [1.29, 1.82) is 0 Å². The summed E-state index contributed by atoms with van der Waals surface area (Å²) in [5.74, 6) is 0.434. The van der Waals surface area contributed by atoms with Gasteiger partial charge in [0.2, 0.25) is 5.91 Å². The minimum absolute atomic E-state index is 0.0332. The number of carbonyl (C=O) groups is 1. The van der Waals surface area contributed by atoms with Gasteiger partial charge in [-0.05, 0) is 42.7 Å². The Labute approximate surface area is 189 Å². The van der Waals surface area contributed by atoms with Gasteiger partial charge in [0.1, 0.15) is 5.84 Å². The molecule has 8 heteroatoms. The molecular weight excluding hydrogens is 434 g/mol. The molecule has 166 valence electrons. The van der Waals surface area contributed by atoms with Crippen molar-refractivity contribution in [3.05, 3.63) is 64.7 Å². The molecule has 2 aromatic carbocycles. The topological polar surface area (TPSA) is 87.6 Å². The number of hydrogen-bond acceptors (Lipinski definition) is 4. The Morgan fingerprint density at radius 3 is 2.52 bits per heavy atom. The Morgan fingerprint density at radius 1 is 1.06 bits per heavy atom. The number of halogens is 1. The van der Waals surface area contributed by atoms with Crippen molar-refractivity contribution in [2.75, 3.05) is 13.1 Å².